The highest BCUT2D eigenvalue weighted by Gasteiger charge is 2.09. The van der Waals surface area contributed by atoms with E-state index in [4.69, 9.17) is 11.6 Å². The van der Waals surface area contributed by atoms with E-state index in [0.717, 1.165) is 10.0 Å². The zero-order valence-electron chi connectivity index (χ0n) is 10.5. The van der Waals surface area contributed by atoms with Crippen LogP contribution in [-0.2, 0) is 6.54 Å². The number of phenols is 1. The summed E-state index contributed by atoms with van der Waals surface area (Å²) in [5, 5.41) is 13.7. The Hall–Kier alpha value is -1.03. The smallest absolute Gasteiger partial charge is 0.121 e. The molecule has 2 aromatic carbocycles. The summed E-state index contributed by atoms with van der Waals surface area (Å²) >= 11 is 9.49. The molecule has 2 N–H and O–H groups in total. The minimum absolute atomic E-state index is 0.184. The van der Waals surface area contributed by atoms with Gasteiger partial charge >= 0.3 is 0 Å². The molecule has 0 fully saturated rings. The van der Waals surface area contributed by atoms with Gasteiger partial charge in [0.1, 0.15) is 5.75 Å². The van der Waals surface area contributed by atoms with Crippen molar-refractivity contribution in [1.82, 2.24) is 5.32 Å². The van der Waals surface area contributed by atoms with Crippen LogP contribution in [0.1, 0.15) is 24.1 Å². The van der Waals surface area contributed by atoms with E-state index in [0.29, 0.717) is 11.6 Å². The number of nitrogens with one attached hydrogen (secondary N) is 1. The van der Waals surface area contributed by atoms with Crippen LogP contribution < -0.4 is 5.32 Å². The maximum atomic E-state index is 9.78. The second-order valence-electron chi connectivity index (χ2n) is 4.39. The number of hydrogen-bond donors (Lipinski definition) is 2. The fraction of sp³-hybridized carbons (Fsp3) is 0.200. The van der Waals surface area contributed by atoms with Crippen LogP contribution in [0.5, 0.6) is 5.75 Å². The fourth-order valence-electron chi connectivity index (χ4n) is 1.85. The molecule has 0 heterocycles. The average Bonchev–Trinajstić information content (AvgIpc) is 2.38. The van der Waals surface area contributed by atoms with Gasteiger partial charge in [0.05, 0.1) is 0 Å². The Balaban J connectivity index is 2.04. The number of halogens is 2. The number of phenolic OH excluding ortho intramolecular Hbond substituents is 1. The summed E-state index contributed by atoms with van der Waals surface area (Å²) in [6, 6.07) is 13.5. The van der Waals surface area contributed by atoms with Gasteiger partial charge < -0.3 is 10.4 Å². The summed E-state index contributed by atoms with van der Waals surface area (Å²) in [7, 11) is 0. The quantitative estimate of drug-likeness (QED) is 0.848. The molecule has 0 spiro atoms. The molecule has 2 aromatic rings. The van der Waals surface area contributed by atoms with Gasteiger partial charge in [-0.15, -0.1) is 0 Å². The third-order valence-corrected chi connectivity index (χ3v) is 3.93. The number of aromatic hydroxyl groups is 1. The molecule has 0 aromatic heterocycles. The Morgan fingerprint density at radius 1 is 1.21 bits per heavy atom. The Bertz CT molecular complexity index is 536. The van der Waals surface area contributed by atoms with Crippen molar-refractivity contribution in [2.45, 2.75) is 19.5 Å². The lowest BCUT2D eigenvalue weighted by molar-refractivity contribution is 0.460. The summed E-state index contributed by atoms with van der Waals surface area (Å²) < 4.78 is 1.06. The SMILES string of the molecule is CC(NCc1c(O)cccc1Cl)c1ccc(Br)cc1. The first-order chi connectivity index (χ1) is 9.08. The minimum atomic E-state index is 0.184. The molecule has 1 unspecified atom stereocenters. The van der Waals surface area contributed by atoms with E-state index >= 15 is 0 Å². The molecule has 4 heteroatoms. The van der Waals surface area contributed by atoms with Crippen molar-refractivity contribution >= 4 is 27.5 Å². The van der Waals surface area contributed by atoms with Gasteiger partial charge in [0.15, 0.2) is 0 Å². The normalized spacial score (nSPS) is 12.4. The van der Waals surface area contributed by atoms with Crippen LogP contribution in [0.25, 0.3) is 0 Å². The Morgan fingerprint density at radius 2 is 1.89 bits per heavy atom. The molecule has 2 rings (SSSR count). The molecular weight excluding hydrogens is 326 g/mol. The maximum absolute atomic E-state index is 9.78. The largest absolute Gasteiger partial charge is 0.508 e. The molecule has 19 heavy (non-hydrogen) atoms. The van der Waals surface area contributed by atoms with Crippen molar-refractivity contribution < 1.29 is 5.11 Å². The first-order valence-corrected chi connectivity index (χ1v) is 7.20. The van der Waals surface area contributed by atoms with E-state index in [1.807, 2.05) is 12.1 Å². The van der Waals surface area contributed by atoms with Crippen LogP contribution in [0, 0.1) is 0 Å². The average molecular weight is 341 g/mol. The third kappa shape index (κ3) is 3.72. The zero-order valence-corrected chi connectivity index (χ0v) is 12.9. The molecule has 2 nitrogen and oxygen atoms in total. The number of benzene rings is 2. The highest BCUT2D eigenvalue weighted by molar-refractivity contribution is 9.10. The van der Waals surface area contributed by atoms with Crippen LogP contribution in [0.2, 0.25) is 5.02 Å². The van der Waals surface area contributed by atoms with Crippen LogP contribution in [0.15, 0.2) is 46.9 Å². The van der Waals surface area contributed by atoms with Crippen LogP contribution in [0.4, 0.5) is 0 Å². The van der Waals surface area contributed by atoms with E-state index in [-0.39, 0.29) is 11.8 Å². The summed E-state index contributed by atoms with van der Waals surface area (Å²) in [5.41, 5.74) is 1.92. The van der Waals surface area contributed by atoms with E-state index in [1.165, 1.54) is 5.56 Å². The first kappa shape index (κ1) is 14.4. The Labute approximate surface area is 126 Å². The molecule has 0 aliphatic rings. The molecule has 0 aliphatic heterocycles. The lowest BCUT2D eigenvalue weighted by atomic mass is 10.1. The predicted octanol–water partition coefficient (Wildman–Crippen LogP) is 4.66. The number of hydrogen-bond acceptors (Lipinski definition) is 2. The monoisotopic (exact) mass is 339 g/mol. The van der Waals surface area contributed by atoms with Gasteiger partial charge in [-0.25, -0.2) is 0 Å². The zero-order chi connectivity index (χ0) is 13.8. The Morgan fingerprint density at radius 3 is 2.53 bits per heavy atom. The summed E-state index contributed by atoms with van der Waals surface area (Å²) in [6.45, 7) is 2.61. The van der Waals surface area contributed by atoms with Crippen LogP contribution in [-0.4, -0.2) is 5.11 Å². The third-order valence-electron chi connectivity index (χ3n) is 3.05. The Kier molecular flexibility index (Phi) is 4.86. The van der Waals surface area contributed by atoms with Crippen molar-refractivity contribution in [3.8, 4) is 5.75 Å². The van der Waals surface area contributed by atoms with Crippen molar-refractivity contribution in [3.05, 3.63) is 63.1 Å². The van der Waals surface area contributed by atoms with E-state index < -0.39 is 0 Å². The van der Waals surface area contributed by atoms with Crippen molar-refractivity contribution in [2.24, 2.45) is 0 Å². The molecule has 0 bridgehead atoms. The van der Waals surface area contributed by atoms with E-state index in [9.17, 15) is 5.11 Å². The molecule has 0 aliphatic carbocycles. The van der Waals surface area contributed by atoms with Gasteiger partial charge in [0.2, 0.25) is 0 Å². The molecule has 1 atom stereocenters. The highest BCUT2D eigenvalue weighted by Crippen LogP contribution is 2.26. The standard InChI is InChI=1S/C15H15BrClNO/c1-10(11-5-7-12(16)8-6-11)18-9-13-14(17)3-2-4-15(13)19/h2-8,10,18-19H,9H2,1H3. The van der Waals surface area contributed by atoms with Gasteiger partial charge in [-0.05, 0) is 36.8 Å². The number of rotatable bonds is 4. The lowest BCUT2D eigenvalue weighted by Gasteiger charge is -2.15. The van der Waals surface area contributed by atoms with E-state index in [2.05, 4.69) is 40.3 Å². The molecule has 0 saturated heterocycles. The van der Waals surface area contributed by atoms with E-state index in [1.54, 1.807) is 18.2 Å². The fourth-order valence-corrected chi connectivity index (χ4v) is 2.35. The van der Waals surface area contributed by atoms with Crippen molar-refractivity contribution in [1.29, 1.82) is 0 Å². The van der Waals surface area contributed by atoms with Gasteiger partial charge in [-0.1, -0.05) is 45.7 Å². The molecular formula is C15H15BrClNO. The second-order valence-corrected chi connectivity index (χ2v) is 5.71. The van der Waals surface area contributed by atoms with Crippen LogP contribution in [0.3, 0.4) is 0 Å². The minimum Gasteiger partial charge on any atom is -0.508 e. The summed E-state index contributed by atoms with van der Waals surface area (Å²) in [4.78, 5) is 0. The summed E-state index contributed by atoms with van der Waals surface area (Å²) in [6.07, 6.45) is 0. The predicted molar refractivity (Wildman–Crippen MR) is 82.5 cm³/mol. The highest BCUT2D eigenvalue weighted by atomic mass is 79.9. The van der Waals surface area contributed by atoms with Crippen molar-refractivity contribution in [2.75, 3.05) is 0 Å². The lowest BCUT2D eigenvalue weighted by Crippen LogP contribution is -2.18. The second kappa shape index (κ2) is 6.42. The van der Waals surface area contributed by atoms with Gasteiger partial charge in [0.25, 0.3) is 0 Å². The molecule has 100 valence electrons. The maximum Gasteiger partial charge on any atom is 0.121 e. The van der Waals surface area contributed by atoms with Gasteiger partial charge in [0, 0.05) is 27.6 Å². The van der Waals surface area contributed by atoms with Crippen molar-refractivity contribution in [3.63, 3.8) is 0 Å². The first-order valence-electron chi connectivity index (χ1n) is 6.03. The molecule has 0 amide bonds. The topological polar surface area (TPSA) is 32.3 Å². The molecule has 0 saturated carbocycles. The molecule has 0 radical (unpaired) electrons. The van der Waals surface area contributed by atoms with Gasteiger partial charge in [-0.2, -0.15) is 0 Å². The van der Waals surface area contributed by atoms with Crippen LogP contribution >= 0.6 is 27.5 Å². The van der Waals surface area contributed by atoms with Gasteiger partial charge in [-0.3, -0.25) is 0 Å². The summed E-state index contributed by atoms with van der Waals surface area (Å²) in [5.74, 6) is 0.225.